The highest BCUT2D eigenvalue weighted by molar-refractivity contribution is 5.68. The molecule has 6 heteroatoms. The van der Waals surface area contributed by atoms with E-state index in [2.05, 4.69) is 5.32 Å². The number of aliphatic hydroxyl groups is 1. The molecule has 0 aliphatic carbocycles. The Morgan fingerprint density at radius 1 is 1.43 bits per heavy atom. The summed E-state index contributed by atoms with van der Waals surface area (Å²) >= 11 is 0. The number of hydrogen-bond donors (Lipinski definition) is 2. The third-order valence-corrected chi connectivity index (χ3v) is 2.84. The van der Waals surface area contributed by atoms with Crippen molar-refractivity contribution in [2.24, 2.45) is 0 Å². The summed E-state index contributed by atoms with van der Waals surface area (Å²) in [5, 5.41) is 12.2. The van der Waals surface area contributed by atoms with Crippen molar-refractivity contribution >= 4 is 6.09 Å². The fourth-order valence-corrected chi connectivity index (χ4v) is 2.16. The van der Waals surface area contributed by atoms with Crippen molar-refractivity contribution in [2.45, 2.75) is 71.2 Å². The first-order chi connectivity index (χ1) is 9.58. The molecule has 1 rings (SSSR count). The van der Waals surface area contributed by atoms with Crippen LogP contribution in [0.15, 0.2) is 12.2 Å². The van der Waals surface area contributed by atoms with E-state index in [1.54, 1.807) is 34.6 Å². The zero-order valence-corrected chi connectivity index (χ0v) is 13.7. The molecule has 1 fully saturated rings. The molecule has 1 aliphatic heterocycles. The first kappa shape index (κ1) is 17.9. The van der Waals surface area contributed by atoms with Gasteiger partial charge in [0.1, 0.15) is 17.8 Å². The molecule has 0 radical (unpaired) electrons. The van der Waals surface area contributed by atoms with E-state index in [9.17, 15) is 9.90 Å². The van der Waals surface area contributed by atoms with Crippen LogP contribution in [0.3, 0.4) is 0 Å². The average molecular weight is 301 g/mol. The lowest BCUT2D eigenvalue weighted by atomic mass is 10.1. The summed E-state index contributed by atoms with van der Waals surface area (Å²) < 4.78 is 16.8. The van der Waals surface area contributed by atoms with Crippen LogP contribution in [0.2, 0.25) is 0 Å². The van der Waals surface area contributed by atoms with E-state index < -0.39 is 29.6 Å². The minimum absolute atomic E-state index is 0.266. The van der Waals surface area contributed by atoms with Gasteiger partial charge in [-0.15, -0.1) is 0 Å². The number of rotatable bonds is 4. The van der Waals surface area contributed by atoms with Gasteiger partial charge in [-0.25, -0.2) is 4.79 Å². The quantitative estimate of drug-likeness (QED) is 0.776. The predicted octanol–water partition coefficient (Wildman–Crippen LogP) is 1.97. The molecule has 0 bridgehead atoms. The molecule has 1 aliphatic rings. The molecule has 0 aromatic carbocycles. The van der Waals surface area contributed by atoms with Crippen molar-refractivity contribution in [3.05, 3.63) is 12.2 Å². The largest absolute Gasteiger partial charge is 0.444 e. The highest BCUT2D eigenvalue weighted by Gasteiger charge is 2.44. The number of nitrogens with one attached hydrogen (secondary N) is 1. The Morgan fingerprint density at radius 2 is 2.05 bits per heavy atom. The van der Waals surface area contributed by atoms with Gasteiger partial charge in [0.25, 0.3) is 0 Å². The van der Waals surface area contributed by atoms with Gasteiger partial charge in [0.2, 0.25) is 0 Å². The Balaban J connectivity index is 2.76. The number of alkyl carbamates (subject to hydrolysis) is 1. The maximum atomic E-state index is 11.9. The van der Waals surface area contributed by atoms with E-state index in [0.29, 0.717) is 0 Å². The third-order valence-electron chi connectivity index (χ3n) is 2.84. The molecule has 1 saturated heterocycles. The third kappa shape index (κ3) is 5.65. The summed E-state index contributed by atoms with van der Waals surface area (Å²) in [6, 6.07) is -0.608. The number of carbonyl (C=O) groups is 1. The molecule has 0 aromatic rings. The lowest BCUT2D eigenvalue weighted by Gasteiger charge is -2.27. The Bertz CT molecular complexity index is 386. The van der Waals surface area contributed by atoms with Crippen LogP contribution >= 0.6 is 0 Å². The fraction of sp³-hybridized carbons (Fsp3) is 0.800. The highest BCUT2D eigenvalue weighted by atomic mass is 16.8. The first-order valence-corrected chi connectivity index (χ1v) is 7.17. The molecule has 0 spiro atoms. The van der Waals surface area contributed by atoms with Crippen molar-refractivity contribution in [2.75, 3.05) is 6.61 Å². The second-order valence-electron chi connectivity index (χ2n) is 6.53. The lowest BCUT2D eigenvalue weighted by molar-refractivity contribution is -0.146. The maximum absolute atomic E-state index is 11.9. The smallest absolute Gasteiger partial charge is 0.408 e. The van der Waals surface area contributed by atoms with Gasteiger partial charge in [0.15, 0.2) is 5.79 Å². The van der Waals surface area contributed by atoms with Gasteiger partial charge >= 0.3 is 6.09 Å². The number of amides is 1. The van der Waals surface area contributed by atoms with Crippen LogP contribution in [0.1, 0.15) is 41.5 Å². The minimum atomic E-state index is -0.766. The second kappa shape index (κ2) is 6.77. The Hall–Kier alpha value is -1.11. The normalized spacial score (nSPS) is 26.8. The molecule has 1 heterocycles. The predicted molar refractivity (Wildman–Crippen MR) is 78.9 cm³/mol. The van der Waals surface area contributed by atoms with Crippen LogP contribution in [0, 0.1) is 0 Å². The van der Waals surface area contributed by atoms with Crippen LogP contribution in [0.25, 0.3) is 0 Å². The van der Waals surface area contributed by atoms with Crippen LogP contribution < -0.4 is 5.32 Å². The summed E-state index contributed by atoms with van der Waals surface area (Å²) in [6.45, 7) is 10.5. The van der Waals surface area contributed by atoms with Crippen molar-refractivity contribution in [3.8, 4) is 0 Å². The van der Waals surface area contributed by atoms with Crippen LogP contribution in [0.5, 0.6) is 0 Å². The van der Waals surface area contributed by atoms with Crippen molar-refractivity contribution in [1.82, 2.24) is 5.32 Å². The molecule has 6 nitrogen and oxygen atoms in total. The van der Waals surface area contributed by atoms with Crippen molar-refractivity contribution in [1.29, 1.82) is 0 Å². The number of aliphatic hydroxyl groups excluding tert-OH is 1. The summed E-state index contributed by atoms with van der Waals surface area (Å²) in [4.78, 5) is 11.9. The Labute approximate surface area is 126 Å². The first-order valence-electron chi connectivity index (χ1n) is 7.17. The van der Waals surface area contributed by atoms with Crippen molar-refractivity contribution < 1.29 is 24.1 Å². The molecule has 2 N–H and O–H groups in total. The minimum Gasteiger partial charge on any atom is -0.444 e. The van der Waals surface area contributed by atoms with E-state index in [1.807, 2.05) is 19.1 Å². The van der Waals surface area contributed by atoms with Gasteiger partial charge in [0, 0.05) is 0 Å². The van der Waals surface area contributed by atoms with E-state index in [-0.39, 0.29) is 12.7 Å². The number of carbonyl (C=O) groups excluding carboxylic acids is 1. The van der Waals surface area contributed by atoms with E-state index in [1.165, 1.54) is 0 Å². The molecule has 122 valence electrons. The van der Waals surface area contributed by atoms with Crippen LogP contribution in [-0.2, 0) is 14.2 Å². The fourth-order valence-electron chi connectivity index (χ4n) is 2.16. The van der Waals surface area contributed by atoms with Gasteiger partial charge in [0.05, 0.1) is 12.6 Å². The summed E-state index contributed by atoms with van der Waals surface area (Å²) in [5.74, 6) is -0.766. The molecule has 0 aromatic heterocycles. The number of hydrogen-bond acceptors (Lipinski definition) is 5. The average Bonchev–Trinajstić information content (AvgIpc) is 2.59. The van der Waals surface area contributed by atoms with Crippen LogP contribution in [0.4, 0.5) is 4.79 Å². The summed E-state index contributed by atoms with van der Waals surface area (Å²) in [7, 11) is 0. The molecule has 0 unspecified atom stereocenters. The molecular formula is C15H27NO5. The standard InChI is InChI=1S/C15H27NO5/c1-7-8-11-12(20-15(5,6)19-11)10(9-17)16-13(18)21-14(2,3)4/h7-8,10-12,17H,9H2,1-6H3,(H,16,18)/b8-7+/t10-,11+,12+/m1/s1. The Kier molecular flexibility index (Phi) is 5.78. The zero-order valence-electron chi connectivity index (χ0n) is 13.7. The van der Waals surface area contributed by atoms with Gasteiger partial charge in [-0.1, -0.05) is 12.2 Å². The van der Waals surface area contributed by atoms with Gasteiger partial charge in [-0.2, -0.15) is 0 Å². The van der Waals surface area contributed by atoms with Crippen molar-refractivity contribution in [3.63, 3.8) is 0 Å². The van der Waals surface area contributed by atoms with E-state index >= 15 is 0 Å². The number of ether oxygens (including phenoxy) is 3. The highest BCUT2D eigenvalue weighted by Crippen LogP contribution is 2.30. The monoisotopic (exact) mass is 301 g/mol. The summed E-state index contributed by atoms with van der Waals surface area (Å²) in [6.07, 6.45) is 2.29. The van der Waals surface area contributed by atoms with Gasteiger partial charge in [-0.3, -0.25) is 0 Å². The maximum Gasteiger partial charge on any atom is 0.408 e. The van der Waals surface area contributed by atoms with Gasteiger partial charge < -0.3 is 24.6 Å². The zero-order chi connectivity index (χ0) is 16.3. The molecular weight excluding hydrogens is 274 g/mol. The molecule has 21 heavy (non-hydrogen) atoms. The van der Waals surface area contributed by atoms with Gasteiger partial charge in [-0.05, 0) is 41.5 Å². The topological polar surface area (TPSA) is 77.0 Å². The molecule has 3 atom stereocenters. The van der Waals surface area contributed by atoms with Crippen LogP contribution in [-0.4, -0.2) is 47.4 Å². The Morgan fingerprint density at radius 3 is 2.52 bits per heavy atom. The lowest BCUT2D eigenvalue weighted by Crippen LogP contribution is -2.50. The number of allylic oxidation sites excluding steroid dienone is 1. The van der Waals surface area contributed by atoms with E-state index in [0.717, 1.165) is 0 Å². The van der Waals surface area contributed by atoms with E-state index in [4.69, 9.17) is 14.2 Å². The SMILES string of the molecule is C/C=C/[C@@H]1OC(C)(C)O[C@H]1[C@@H](CO)NC(=O)OC(C)(C)C. The second-order valence-corrected chi connectivity index (χ2v) is 6.53. The molecule has 1 amide bonds. The molecule has 0 saturated carbocycles. The summed E-state index contributed by atoms with van der Waals surface area (Å²) in [5.41, 5.74) is -0.598.